The van der Waals surface area contributed by atoms with Gasteiger partial charge in [-0.15, -0.1) is 0 Å². The molecule has 0 bridgehead atoms. The van der Waals surface area contributed by atoms with Gasteiger partial charge in [-0.1, -0.05) is 24.3 Å². The number of pyridine rings is 1. The number of rotatable bonds is 4. The average molecular weight is 385 g/mol. The molecular weight excluding hydrogens is 366 g/mol. The number of hydrazone groups is 1. The van der Waals surface area contributed by atoms with Crippen LogP contribution in [0.5, 0.6) is 17.2 Å². The lowest BCUT2D eigenvalue weighted by Crippen LogP contribution is -1.96. The monoisotopic (exact) mass is 385 g/mol. The van der Waals surface area contributed by atoms with Gasteiger partial charge in [0.2, 0.25) is 6.79 Å². The van der Waals surface area contributed by atoms with Gasteiger partial charge in [0.05, 0.1) is 24.5 Å². The first-order valence-corrected chi connectivity index (χ1v) is 9.29. The predicted molar refractivity (Wildman–Crippen MR) is 114 cm³/mol. The molecule has 0 spiro atoms. The zero-order valence-corrected chi connectivity index (χ0v) is 16.1. The summed E-state index contributed by atoms with van der Waals surface area (Å²) >= 11 is 0. The van der Waals surface area contributed by atoms with Crippen LogP contribution >= 0.6 is 0 Å². The van der Waals surface area contributed by atoms with Crippen LogP contribution in [0.2, 0.25) is 0 Å². The number of fused-ring (bicyclic) bond motifs is 3. The molecule has 0 unspecified atom stereocenters. The molecule has 0 radical (unpaired) electrons. The SMILES string of the molecule is COc1ccc(/C=N/Nc2cc(C)nc3cc4c(cc23)OCO4)c2ccccc12. The van der Waals surface area contributed by atoms with Gasteiger partial charge in [0.25, 0.3) is 0 Å². The van der Waals surface area contributed by atoms with Crippen LogP contribution < -0.4 is 19.6 Å². The van der Waals surface area contributed by atoms with Crippen LogP contribution in [0.25, 0.3) is 21.7 Å². The fourth-order valence-corrected chi connectivity index (χ4v) is 3.60. The maximum absolute atomic E-state index is 5.51. The van der Waals surface area contributed by atoms with Gasteiger partial charge in [-0.25, -0.2) is 0 Å². The molecule has 0 aliphatic carbocycles. The summed E-state index contributed by atoms with van der Waals surface area (Å²) in [4.78, 5) is 4.60. The van der Waals surface area contributed by atoms with Crippen LogP contribution in [0.1, 0.15) is 11.3 Å². The Kier molecular flexibility index (Phi) is 4.17. The molecule has 0 atom stereocenters. The Labute approximate surface area is 167 Å². The lowest BCUT2D eigenvalue weighted by molar-refractivity contribution is 0.174. The molecular formula is C23H19N3O3. The standard InChI is InChI=1S/C23H19N3O3/c1-14-9-20(18-10-22-23(29-13-28-22)11-19(18)25-14)26-24-12-15-7-8-21(27-2)17-6-4-3-5-16(15)17/h3-12H,13H2,1-2H3,(H,25,26)/b24-12+. The van der Waals surface area contributed by atoms with Crippen LogP contribution in [0.3, 0.4) is 0 Å². The van der Waals surface area contributed by atoms with Crippen molar-refractivity contribution < 1.29 is 14.2 Å². The van der Waals surface area contributed by atoms with E-state index in [0.29, 0.717) is 0 Å². The van der Waals surface area contributed by atoms with E-state index in [-0.39, 0.29) is 6.79 Å². The van der Waals surface area contributed by atoms with Crippen molar-refractivity contribution >= 4 is 33.6 Å². The van der Waals surface area contributed by atoms with Crippen LogP contribution in [-0.2, 0) is 0 Å². The Hall–Kier alpha value is -3.80. The first-order chi connectivity index (χ1) is 14.2. The normalized spacial score (nSPS) is 12.8. The molecule has 29 heavy (non-hydrogen) atoms. The van der Waals surface area contributed by atoms with Crippen LogP contribution in [0.15, 0.2) is 59.7 Å². The molecule has 0 amide bonds. The van der Waals surface area contributed by atoms with Gasteiger partial charge in [0, 0.05) is 28.1 Å². The number of nitrogens with one attached hydrogen (secondary N) is 1. The molecule has 0 saturated heterocycles. The molecule has 4 aromatic rings. The highest BCUT2D eigenvalue weighted by Crippen LogP contribution is 2.38. The largest absolute Gasteiger partial charge is 0.496 e. The molecule has 6 heteroatoms. The lowest BCUT2D eigenvalue weighted by Gasteiger charge is -2.09. The minimum Gasteiger partial charge on any atom is -0.496 e. The number of benzene rings is 3. The number of anilines is 1. The molecule has 5 rings (SSSR count). The number of ether oxygens (including phenoxy) is 3. The average Bonchev–Trinajstić information content (AvgIpc) is 3.19. The second-order valence-electron chi connectivity index (χ2n) is 6.81. The number of hydrogen-bond acceptors (Lipinski definition) is 6. The number of hydrogen-bond donors (Lipinski definition) is 1. The summed E-state index contributed by atoms with van der Waals surface area (Å²) in [5, 5.41) is 7.55. The van der Waals surface area contributed by atoms with Gasteiger partial charge in [-0.3, -0.25) is 10.4 Å². The second kappa shape index (κ2) is 6.98. The number of nitrogens with zero attached hydrogens (tertiary/aromatic N) is 2. The molecule has 2 heterocycles. The first-order valence-electron chi connectivity index (χ1n) is 9.29. The third-order valence-corrected chi connectivity index (χ3v) is 4.96. The Bertz CT molecular complexity index is 1270. The number of aromatic nitrogens is 1. The molecule has 1 N–H and O–H groups in total. The highest BCUT2D eigenvalue weighted by molar-refractivity contribution is 6.02. The summed E-state index contributed by atoms with van der Waals surface area (Å²) in [7, 11) is 1.68. The highest BCUT2D eigenvalue weighted by atomic mass is 16.7. The van der Waals surface area contributed by atoms with Crippen molar-refractivity contribution in [2.45, 2.75) is 6.92 Å². The van der Waals surface area contributed by atoms with Gasteiger partial charge < -0.3 is 14.2 Å². The summed E-state index contributed by atoms with van der Waals surface area (Å²) in [5.74, 6) is 2.28. The van der Waals surface area contributed by atoms with E-state index in [1.54, 1.807) is 7.11 Å². The summed E-state index contributed by atoms with van der Waals surface area (Å²) in [6.07, 6.45) is 1.82. The van der Waals surface area contributed by atoms with Crippen molar-refractivity contribution in [3.8, 4) is 17.2 Å². The van der Waals surface area contributed by atoms with E-state index in [1.807, 2.05) is 61.7 Å². The fourth-order valence-electron chi connectivity index (χ4n) is 3.60. The number of methoxy groups -OCH3 is 1. The zero-order chi connectivity index (χ0) is 19.8. The number of aryl methyl sites for hydroxylation is 1. The van der Waals surface area contributed by atoms with Crippen LogP contribution in [0.4, 0.5) is 5.69 Å². The summed E-state index contributed by atoms with van der Waals surface area (Å²) in [5.41, 5.74) is 6.75. The summed E-state index contributed by atoms with van der Waals surface area (Å²) < 4.78 is 16.4. The predicted octanol–water partition coefficient (Wildman–Crippen LogP) is 4.88. The van der Waals surface area contributed by atoms with Gasteiger partial charge in [0.15, 0.2) is 11.5 Å². The Morgan fingerprint density at radius 1 is 1.00 bits per heavy atom. The highest BCUT2D eigenvalue weighted by Gasteiger charge is 2.16. The molecule has 144 valence electrons. The molecule has 0 saturated carbocycles. The van der Waals surface area contributed by atoms with Crippen molar-refractivity contribution in [2.75, 3.05) is 19.3 Å². The minimum absolute atomic E-state index is 0.232. The third kappa shape index (κ3) is 3.08. The van der Waals surface area contributed by atoms with E-state index < -0.39 is 0 Å². The maximum Gasteiger partial charge on any atom is 0.231 e. The van der Waals surface area contributed by atoms with Crippen molar-refractivity contribution in [3.63, 3.8) is 0 Å². The summed E-state index contributed by atoms with van der Waals surface area (Å²) in [6, 6.07) is 17.9. The molecule has 1 aliphatic heterocycles. The Morgan fingerprint density at radius 3 is 2.62 bits per heavy atom. The van der Waals surface area contributed by atoms with Crippen LogP contribution in [-0.4, -0.2) is 25.1 Å². The first kappa shape index (κ1) is 17.3. The van der Waals surface area contributed by atoms with Crippen molar-refractivity contribution in [1.29, 1.82) is 0 Å². The maximum atomic E-state index is 5.51. The van der Waals surface area contributed by atoms with Gasteiger partial charge in [0.1, 0.15) is 5.75 Å². The van der Waals surface area contributed by atoms with E-state index in [0.717, 1.165) is 55.9 Å². The quantitative estimate of drug-likeness (QED) is 0.401. The molecule has 3 aromatic carbocycles. The summed E-state index contributed by atoms with van der Waals surface area (Å²) in [6.45, 7) is 2.19. The van der Waals surface area contributed by atoms with Gasteiger partial charge >= 0.3 is 0 Å². The topological polar surface area (TPSA) is 65.0 Å². The third-order valence-electron chi connectivity index (χ3n) is 4.96. The van der Waals surface area contributed by atoms with E-state index in [2.05, 4.69) is 21.6 Å². The zero-order valence-electron chi connectivity index (χ0n) is 16.1. The fraction of sp³-hybridized carbons (Fsp3) is 0.130. The van der Waals surface area contributed by atoms with E-state index in [9.17, 15) is 0 Å². The Morgan fingerprint density at radius 2 is 1.79 bits per heavy atom. The van der Waals surface area contributed by atoms with Crippen LogP contribution in [0, 0.1) is 6.92 Å². The minimum atomic E-state index is 0.232. The molecule has 1 aliphatic rings. The van der Waals surface area contributed by atoms with E-state index in [1.165, 1.54) is 0 Å². The molecule has 6 nitrogen and oxygen atoms in total. The van der Waals surface area contributed by atoms with Gasteiger partial charge in [-0.2, -0.15) is 5.10 Å². The molecule has 1 aromatic heterocycles. The Balaban J connectivity index is 1.51. The second-order valence-corrected chi connectivity index (χ2v) is 6.81. The van der Waals surface area contributed by atoms with Crippen molar-refractivity contribution in [1.82, 2.24) is 4.98 Å². The lowest BCUT2D eigenvalue weighted by atomic mass is 10.0. The van der Waals surface area contributed by atoms with E-state index >= 15 is 0 Å². The van der Waals surface area contributed by atoms with Gasteiger partial charge in [-0.05, 0) is 36.6 Å². The van der Waals surface area contributed by atoms with Crippen molar-refractivity contribution in [2.24, 2.45) is 5.10 Å². The van der Waals surface area contributed by atoms with Crippen molar-refractivity contribution in [3.05, 3.63) is 65.9 Å². The van der Waals surface area contributed by atoms with E-state index in [4.69, 9.17) is 14.2 Å². The smallest absolute Gasteiger partial charge is 0.231 e. The molecule has 0 fully saturated rings.